The van der Waals surface area contributed by atoms with E-state index in [-0.39, 0.29) is 0 Å². The van der Waals surface area contributed by atoms with Gasteiger partial charge in [0.2, 0.25) is 0 Å². The molecule has 2 heterocycles. The molecule has 0 amide bonds. The molecular formula is C29H18N2. The molecule has 0 radical (unpaired) electrons. The summed E-state index contributed by atoms with van der Waals surface area (Å²) in [5, 5.41) is 3.93. The highest BCUT2D eigenvalue weighted by molar-refractivity contribution is 6.18. The van der Waals surface area contributed by atoms with Crippen molar-refractivity contribution in [3.63, 3.8) is 0 Å². The Bertz CT molecular complexity index is 1740. The van der Waals surface area contributed by atoms with Crippen LogP contribution >= 0.6 is 0 Å². The zero-order chi connectivity index (χ0) is 20.1. The van der Waals surface area contributed by atoms with Crippen LogP contribution in [-0.4, -0.2) is 9.38 Å². The van der Waals surface area contributed by atoms with E-state index in [4.69, 9.17) is 4.98 Å². The Morgan fingerprint density at radius 3 is 2.32 bits per heavy atom. The van der Waals surface area contributed by atoms with Crippen LogP contribution < -0.4 is 0 Å². The number of fused-ring (bicyclic) bond motifs is 14. The minimum atomic E-state index is 0.977. The predicted octanol–water partition coefficient (Wildman–Crippen LogP) is 6.78. The third kappa shape index (κ3) is 1.87. The van der Waals surface area contributed by atoms with Crippen LogP contribution in [0.3, 0.4) is 0 Å². The van der Waals surface area contributed by atoms with E-state index in [0.29, 0.717) is 0 Å². The van der Waals surface area contributed by atoms with Crippen LogP contribution in [0.1, 0.15) is 22.3 Å². The van der Waals surface area contributed by atoms with Gasteiger partial charge in [0, 0.05) is 28.7 Å². The Morgan fingerprint density at radius 1 is 0.645 bits per heavy atom. The van der Waals surface area contributed by atoms with Gasteiger partial charge in [0.15, 0.2) is 0 Å². The lowest BCUT2D eigenvalue weighted by molar-refractivity contribution is 1.24. The highest BCUT2D eigenvalue weighted by atomic mass is 15.0. The van der Waals surface area contributed by atoms with E-state index >= 15 is 0 Å². The summed E-state index contributed by atoms with van der Waals surface area (Å²) >= 11 is 0. The maximum atomic E-state index is 4.88. The van der Waals surface area contributed by atoms with Gasteiger partial charge in [-0.1, -0.05) is 72.8 Å². The van der Waals surface area contributed by atoms with Crippen LogP contribution in [0.25, 0.3) is 49.6 Å². The van der Waals surface area contributed by atoms with Crippen LogP contribution in [0.5, 0.6) is 0 Å². The van der Waals surface area contributed by atoms with Crippen molar-refractivity contribution >= 4 is 27.3 Å². The van der Waals surface area contributed by atoms with Gasteiger partial charge in [-0.3, -0.25) is 4.40 Å². The smallest absolute Gasteiger partial charge is 0.145 e. The Balaban J connectivity index is 1.58. The van der Waals surface area contributed by atoms with Crippen molar-refractivity contribution in [2.45, 2.75) is 12.8 Å². The van der Waals surface area contributed by atoms with Crippen molar-refractivity contribution in [3.8, 4) is 22.3 Å². The molecule has 0 spiro atoms. The zero-order valence-corrected chi connectivity index (χ0v) is 16.9. The number of imidazole rings is 1. The van der Waals surface area contributed by atoms with Gasteiger partial charge in [-0.2, -0.15) is 0 Å². The minimum Gasteiger partial charge on any atom is -0.299 e. The number of aromatic nitrogens is 2. The molecule has 2 aromatic heterocycles. The highest BCUT2D eigenvalue weighted by Crippen LogP contribution is 2.46. The second-order valence-electron chi connectivity index (χ2n) is 8.80. The van der Waals surface area contributed by atoms with Crippen molar-refractivity contribution in [1.82, 2.24) is 9.38 Å². The lowest BCUT2D eigenvalue weighted by Crippen LogP contribution is -1.96. The fraction of sp³-hybridized carbons (Fsp3) is 0.0690. The van der Waals surface area contributed by atoms with Crippen molar-refractivity contribution in [3.05, 3.63) is 107 Å². The second kappa shape index (κ2) is 5.41. The Hall–Kier alpha value is -3.91. The summed E-state index contributed by atoms with van der Waals surface area (Å²) < 4.78 is 2.34. The van der Waals surface area contributed by atoms with Crippen molar-refractivity contribution in [1.29, 1.82) is 0 Å². The second-order valence-corrected chi connectivity index (χ2v) is 8.80. The molecule has 8 rings (SSSR count). The quantitative estimate of drug-likeness (QED) is 0.259. The Labute approximate surface area is 179 Å². The first kappa shape index (κ1) is 15.9. The predicted molar refractivity (Wildman–Crippen MR) is 127 cm³/mol. The molecule has 2 aliphatic rings. The first-order chi connectivity index (χ1) is 15.4. The molecule has 2 nitrogen and oxygen atoms in total. The molecule has 0 N–H and O–H groups in total. The molecule has 0 atom stereocenters. The van der Waals surface area contributed by atoms with Gasteiger partial charge in [-0.15, -0.1) is 0 Å². The molecule has 0 saturated carbocycles. The average molecular weight is 394 g/mol. The van der Waals surface area contributed by atoms with E-state index in [0.717, 1.165) is 18.5 Å². The minimum absolute atomic E-state index is 0.977. The fourth-order valence-corrected chi connectivity index (χ4v) is 6.03. The van der Waals surface area contributed by atoms with E-state index in [2.05, 4.69) is 83.4 Å². The molecule has 0 fully saturated rings. The van der Waals surface area contributed by atoms with Gasteiger partial charge in [0.05, 0.1) is 5.52 Å². The van der Waals surface area contributed by atoms with Crippen molar-refractivity contribution in [2.75, 3.05) is 0 Å². The standard InChI is InChI=1S/C29H18N2/c1-3-7-20-18(6-1)16-25-22(20)11-12-23-24-10-9-19-15-17-5-2-4-8-21(17)26(19)28(24)31-14-13-30-29(31)27(23)25/h1-14H,15-16H2. The van der Waals surface area contributed by atoms with E-state index in [1.54, 1.807) is 0 Å². The molecule has 31 heavy (non-hydrogen) atoms. The third-order valence-electron chi connectivity index (χ3n) is 7.31. The van der Waals surface area contributed by atoms with Crippen molar-refractivity contribution < 1.29 is 0 Å². The summed E-state index contributed by atoms with van der Waals surface area (Å²) in [7, 11) is 0. The first-order valence-corrected chi connectivity index (χ1v) is 10.9. The van der Waals surface area contributed by atoms with Crippen LogP contribution in [0.2, 0.25) is 0 Å². The Morgan fingerprint density at radius 2 is 1.42 bits per heavy atom. The summed E-state index contributed by atoms with van der Waals surface area (Å²) in [4.78, 5) is 4.88. The van der Waals surface area contributed by atoms with E-state index in [9.17, 15) is 0 Å². The van der Waals surface area contributed by atoms with Gasteiger partial charge in [-0.25, -0.2) is 4.98 Å². The van der Waals surface area contributed by atoms with Crippen LogP contribution in [0.15, 0.2) is 85.2 Å². The number of hydrogen-bond acceptors (Lipinski definition) is 1. The fourth-order valence-electron chi connectivity index (χ4n) is 6.03. The Kier molecular flexibility index (Phi) is 2.77. The number of nitrogens with zero attached hydrogens (tertiary/aromatic N) is 2. The zero-order valence-electron chi connectivity index (χ0n) is 16.9. The number of hydrogen-bond donors (Lipinski definition) is 0. The highest BCUT2D eigenvalue weighted by Gasteiger charge is 2.26. The van der Waals surface area contributed by atoms with E-state index < -0.39 is 0 Å². The van der Waals surface area contributed by atoms with Crippen molar-refractivity contribution in [2.24, 2.45) is 0 Å². The molecule has 4 aromatic carbocycles. The molecule has 2 aliphatic carbocycles. The van der Waals surface area contributed by atoms with Gasteiger partial charge in [0.1, 0.15) is 5.65 Å². The normalized spacial score (nSPS) is 13.5. The molecule has 0 aliphatic heterocycles. The maximum absolute atomic E-state index is 4.88. The number of benzene rings is 4. The molecule has 2 heteroatoms. The SMILES string of the molecule is c1ccc2c(c1)Cc1c-2ccc2c3ccc4c(c3n3ccnc3c12)-c1ccccc1C4. The van der Waals surface area contributed by atoms with Gasteiger partial charge in [-0.05, 0) is 57.2 Å². The summed E-state index contributed by atoms with van der Waals surface area (Å²) in [6.45, 7) is 0. The van der Waals surface area contributed by atoms with E-state index in [1.165, 1.54) is 66.2 Å². The monoisotopic (exact) mass is 394 g/mol. The van der Waals surface area contributed by atoms with Crippen LogP contribution in [0, 0.1) is 0 Å². The summed E-state index contributed by atoms with van der Waals surface area (Å²) in [6, 6.07) is 26.9. The lowest BCUT2D eigenvalue weighted by Gasteiger charge is -2.15. The number of rotatable bonds is 0. The topological polar surface area (TPSA) is 17.3 Å². The maximum Gasteiger partial charge on any atom is 0.145 e. The van der Waals surface area contributed by atoms with Gasteiger partial charge in [0.25, 0.3) is 0 Å². The van der Waals surface area contributed by atoms with Crippen LogP contribution in [-0.2, 0) is 12.8 Å². The average Bonchev–Trinajstić information content (AvgIpc) is 3.53. The molecule has 0 bridgehead atoms. The molecule has 0 saturated heterocycles. The molecule has 6 aromatic rings. The molecular weight excluding hydrogens is 376 g/mol. The van der Waals surface area contributed by atoms with Crippen LogP contribution in [0.4, 0.5) is 0 Å². The summed E-state index contributed by atoms with van der Waals surface area (Å²) in [6.07, 6.45) is 6.08. The van der Waals surface area contributed by atoms with Gasteiger partial charge < -0.3 is 0 Å². The van der Waals surface area contributed by atoms with E-state index in [1.807, 2.05) is 6.20 Å². The lowest BCUT2D eigenvalue weighted by atomic mass is 9.94. The van der Waals surface area contributed by atoms with Gasteiger partial charge >= 0.3 is 0 Å². The largest absolute Gasteiger partial charge is 0.299 e. The molecule has 144 valence electrons. The molecule has 0 unspecified atom stereocenters. The summed E-state index contributed by atoms with van der Waals surface area (Å²) in [5.41, 5.74) is 13.5. The third-order valence-corrected chi connectivity index (χ3v) is 7.31. The first-order valence-electron chi connectivity index (χ1n) is 10.9. The summed E-state index contributed by atoms with van der Waals surface area (Å²) in [5.74, 6) is 0. The number of pyridine rings is 1.